The molecule has 24 heavy (non-hydrogen) atoms. The summed E-state index contributed by atoms with van der Waals surface area (Å²) < 4.78 is 11.4. The van der Waals surface area contributed by atoms with Gasteiger partial charge in [-0.2, -0.15) is 0 Å². The zero-order valence-corrected chi connectivity index (χ0v) is 14.7. The van der Waals surface area contributed by atoms with Crippen molar-refractivity contribution < 1.29 is 9.15 Å². The number of hydrogen-bond donors (Lipinski definition) is 0. The summed E-state index contributed by atoms with van der Waals surface area (Å²) in [6, 6.07) is 16.0. The number of rotatable bonds is 7. The number of aryl methyl sites for hydroxylation is 2. The second kappa shape index (κ2) is 8.02. The molecule has 0 aliphatic carbocycles. The first kappa shape index (κ1) is 16.6. The van der Waals surface area contributed by atoms with Crippen LogP contribution in [0.5, 0.6) is 5.75 Å². The third-order valence-electron chi connectivity index (χ3n) is 3.69. The Morgan fingerprint density at radius 3 is 2.62 bits per heavy atom. The molecule has 124 valence electrons. The second-order valence-electron chi connectivity index (χ2n) is 5.54. The van der Waals surface area contributed by atoms with E-state index in [0.717, 1.165) is 23.5 Å². The largest absolute Gasteiger partial charge is 0.494 e. The number of aromatic nitrogens is 2. The van der Waals surface area contributed by atoms with Gasteiger partial charge in [0, 0.05) is 11.3 Å². The SMILES string of the molecule is Cc1ccc(OCCCSc2nnc(-c3ccccc3)o2)cc1C. The maximum atomic E-state index is 5.77. The minimum Gasteiger partial charge on any atom is -0.494 e. The predicted octanol–water partition coefficient (Wildman–Crippen LogP) is 4.91. The molecule has 1 aromatic heterocycles. The van der Waals surface area contributed by atoms with E-state index in [1.54, 1.807) is 11.8 Å². The lowest BCUT2D eigenvalue weighted by molar-refractivity contribution is 0.318. The highest BCUT2D eigenvalue weighted by molar-refractivity contribution is 7.99. The van der Waals surface area contributed by atoms with Gasteiger partial charge >= 0.3 is 0 Å². The van der Waals surface area contributed by atoms with Crippen LogP contribution in [0.3, 0.4) is 0 Å². The summed E-state index contributed by atoms with van der Waals surface area (Å²) in [4.78, 5) is 0. The molecule has 2 aromatic carbocycles. The molecule has 0 N–H and O–H groups in total. The fraction of sp³-hybridized carbons (Fsp3) is 0.263. The number of ether oxygens (including phenoxy) is 1. The predicted molar refractivity (Wildman–Crippen MR) is 96.5 cm³/mol. The van der Waals surface area contributed by atoms with Gasteiger partial charge in [0.15, 0.2) is 0 Å². The maximum Gasteiger partial charge on any atom is 0.276 e. The lowest BCUT2D eigenvalue weighted by Crippen LogP contribution is -1.99. The van der Waals surface area contributed by atoms with Crippen molar-refractivity contribution >= 4 is 11.8 Å². The molecule has 0 fully saturated rings. The van der Waals surface area contributed by atoms with Gasteiger partial charge in [-0.3, -0.25) is 0 Å². The Morgan fingerprint density at radius 2 is 1.83 bits per heavy atom. The van der Waals surface area contributed by atoms with Crippen molar-refractivity contribution in [3.63, 3.8) is 0 Å². The molecule has 0 radical (unpaired) electrons. The number of thioether (sulfide) groups is 1. The quantitative estimate of drug-likeness (QED) is 0.451. The third-order valence-corrected chi connectivity index (χ3v) is 4.59. The lowest BCUT2D eigenvalue weighted by atomic mass is 10.1. The van der Waals surface area contributed by atoms with E-state index in [0.29, 0.717) is 17.7 Å². The summed E-state index contributed by atoms with van der Waals surface area (Å²) in [5.74, 6) is 2.36. The molecular formula is C19H20N2O2S. The minimum absolute atomic E-state index is 0.560. The van der Waals surface area contributed by atoms with Gasteiger partial charge in [0.25, 0.3) is 5.22 Å². The van der Waals surface area contributed by atoms with Gasteiger partial charge in [0.05, 0.1) is 6.61 Å². The molecule has 0 amide bonds. The Balaban J connectivity index is 1.42. The van der Waals surface area contributed by atoms with E-state index < -0.39 is 0 Å². The standard InChI is InChI=1S/C19H20N2O2S/c1-14-9-10-17(13-15(14)2)22-11-6-12-24-19-21-20-18(23-19)16-7-4-3-5-8-16/h3-5,7-10,13H,6,11-12H2,1-2H3. The van der Waals surface area contributed by atoms with E-state index in [1.807, 2.05) is 36.4 Å². The van der Waals surface area contributed by atoms with Crippen LogP contribution >= 0.6 is 11.8 Å². The molecule has 1 heterocycles. The van der Waals surface area contributed by atoms with Gasteiger partial charge in [0.2, 0.25) is 5.89 Å². The first-order valence-corrected chi connectivity index (χ1v) is 8.93. The Labute approximate surface area is 146 Å². The Morgan fingerprint density at radius 1 is 1.00 bits per heavy atom. The number of nitrogens with zero attached hydrogens (tertiary/aromatic N) is 2. The monoisotopic (exact) mass is 340 g/mol. The highest BCUT2D eigenvalue weighted by Gasteiger charge is 2.08. The van der Waals surface area contributed by atoms with Crippen molar-refractivity contribution in [3.8, 4) is 17.2 Å². The zero-order valence-electron chi connectivity index (χ0n) is 13.9. The van der Waals surface area contributed by atoms with E-state index in [-0.39, 0.29) is 0 Å². The van der Waals surface area contributed by atoms with Crippen LogP contribution in [-0.4, -0.2) is 22.6 Å². The van der Waals surface area contributed by atoms with Crippen molar-refractivity contribution in [2.45, 2.75) is 25.5 Å². The lowest BCUT2D eigenvalue weighted by Gasteiger charge is -2.07. The van der Waals surface area contributed by atoms with Crippen LogP contribution in [0.15, 0.2) is 58.2 Å². The molecular weight excluding hydrogens is 320 g/mol. The molecule has 0 bridgehead atoms. The molecule has 5 heteroatoms. The summed E-state index contributed by atoms with van der Waals surface area (Å²) in [5, 5.41) is 8.75. The van der Waals surface area contributed by atoms with E-state index in [4.69, 9.17) is 9.15 Å². The van der Waals surface area contributed by atoms with Crippen molar-refractivity contribution in [2.75, 3.05) is 12.4 Å². The highest BCUT2D eigenvalue weighted by Crippen LogP contribution is 2.23. The summed E-state index contributed by atoms with van der Waals surface area (Å²) in [5.41, 5.74) is 3.47. The first-order chi connectivity index (χ1) is 11.7. The van der Waals surface area contributed by atoms with Crippen LogP contribution in [0.4, 0.5) is 0 Å². The Kier molecular flexibility index (Phi) is 5.54. The fourth-order valence-corrected chi connectivity index (χ4v) is 2.85. The molecule has 0 aliphatic heterocycles. The van der Waals surface area contributed by atoms with Crippen LogP contribution < -0.4 is 4.74 Å². The number of hydrogen-bond acceptors (Lipinski definition) is 5. The van der Waals surface area contributed by atoms with Gasteiger partial charge in [-0.05, 0) is 55.7 Å². The topological polar surface area (TPSA) is 48.2 Å². The number of benzene rings is 2. The molecule has 0 atom stereocenters. The zero-order chi connectivity index (χ0) is 16.8. The molecule has 4 nitrogen and oxygen atoms in total. The van der Waals surface area contributed by atoms with Crippen LogP contribution in [-0.2, 0) is 0 Å². The summed E-state index contributed by atoms with van der Waals surface area (Å²) in [6.45, 7) is 4.87. The highest BCUT2D eigenvalue weighted by atomic mass is 32.2. The van der Waals surface area contributed by atoms with Crippen LogP contribution in [0.1, 0.15) is 17.5 Å². The maximum absolute atomic E-state index is 5.77. The summed E-state index contributed by atoms with van der Waals surface area (Å²) in [7, 11) is 0. The van der Waals surface area contributed by atoms with E-state index in [9.17, 15) is 0 Å². The van der Waals surface area contributed by atoms with Gasteiger partial charge in [-0.15, -0.1) is 10.2 Å². The molecule has 0 saturated heterocycles. The average Bonchev–Trinajstić information content (AvgIpc) is 3.07. The molecule has 0 aliphatic rings. The van der Waals surface area contributed by atoms with Crippen molar-refractivity contribution in [2.24, 2.45) is 0 Å². The molecule has 0 saturated carbocycles. The van der Waals surface area contributed by atoms with Crippen LogP contribution in [0, 0.1) is 13.8 Å². The van der Waals surface area contributed by atoms with Gasteiger partial charge in [0.1, 0.15) is 5.75 Å². The molecule has 3 rings (SSSR count). The van der Waals surface area contributed by atoms with Gasteiger partial charge < -0.3 is 9.15 Å². The molecule has 3 aromatic rings. The minimum atomic E-state index is 0.560. The smallest absolute Gasteiger partial charge is 0.276 e. The average molecular weight is 340 g/mol. The first-order valence-electron chi connectivity index (χ1n) is 7.94. The summed E-state index contributed by atoms with van der Waals surface area (Å²) >= 11 is 1.56. The van der Waals surface area contributed by atoms with Gasteiger partial charge in [-0.1, -0.05) is 36.0 Å². The van der Waals surface area contributed by atoms with E-state index in [1.165, 1.54) is 11.1 Å². The van der Waals surface area contributed by atoms with Crippen molar-refractivity contribution in [1.82, 2.24) is 10.2 Å². The second-order valence-corrected chi connectivity index (χ2v) is 6.58. The summed E-state index contributed by atoms with van der Waals surface area (Å²) in [6.07, 6.45) is 0.917. The van der Waals surface area contributed by atoms with E-state index in [2.05, 4.69) is 36.2 Å². The van der Waals surface area contributed by atoms with Crippen LogP contribution in [0.2, 0.25) is 0 Å². The van der Waals surface area contributed by atoms with Crippen LogP contribution in [0.25, 0.3) is 11.5 Å². The Bertz CT molecular complexity index is 787. The molecule has 0 unspecified atom stereocenters. The van der Waals surface area contributed by atoms with Crippen molar-refractivity contribution in [1.29, 1.82) is 0 Å². The van der Waals surface area contributed by atoms with Gasteiger partial charge in [-0.25, -0.2) is 0 Å². The Hall–Kier alpha value is -2.27. The normalized spacial score (nSPS) is 10.8. The third kappa shape index (κ3) is 4.38. The molecule has 0 spiro atoms. The van der Waals surface area contributed by atoms with E-state index >= 15 is 0 Å². The fourth-order valence-electron chi connectivity index (χ4n) is 2.18. The van der Waals surface area contributed by atoms with Crippen molar-refractivity contribution in [3.05, 3.63) is 59.7 Å².